The minimum atomic E-state index is -0.879. The summed E-state index contributed by atoms with van der Waals surface area (Å²) < 4.78 is 24.2. The van der Waals surface area contributed by atoms with Gasteiger partial charge in [0.05, 0.1) is 12.2 Å². The van der Waals surface area contributed by atoms with Crippen LogP contribution in [0.5, 0.6) is 11.5 Å². The van der Waals surface area contributed by atoms with Gasteiger partial charge in [-0.15, -0.1) is 0 Å². The van der Waals surface area contributed by atoms with E-state index >= 15 is 0 Å². The molecule has 0 bridgehead atoms. The van der Waals surface area contributed by atoms with Crippen LogP contribution in [0.4, 0.5) is 4.39 Å². The summed E-state index contributed by atoms with van der Waals surface area (Å²) in [6.45, 7) is 3.37. The summed E-state index contributed by atoms with van der Waals surface area (Å²) in [5.74, 6) is -1.96. The lowest BCUT2D eigenvalue weighted by Crippen LogP contribution is -2.07. The standard InChI is InChI=1S/C18H17FO5/c1-3-23-14-6-4-13(5-7-14)18(22)17-15(19)8-12(9-16(17)21)10-24-11(2)20/h4-9,21H,3,10H2,1-2H3. The topological polar surface area (TPSA) is 72.8 Å². The molecule has 0 amide bonds. The summed E-state index contributed by atoms with van der Waals surface area (Å²) >= 11 is 0. The van der Waals surface area contributed by atoms with E-state index in [2.05, 4.69) is 0 Å². The highest BCUT2D eigenvalue weighted by molar-refractivity contribution is 6.10. The zero-order valence-corrected chi connectivity index (χ0v) is 13.3. The normalized spacial score (nSPS) is 10.3. The predicted molar refractivity (Wildman–Crippen MR) is 84.6 cm³/mol. The summed E-state index contributed by atoms with van der Waals surface area (Å²) in [6, 6.07) is 8.46. The van der Waals surface area contributed by atoms with Crippen LogP contribution in [0, 0.1) is 5.82 Å². The maximum Gasteiger partial charge on any atom is 0.302 e. The lowest BCUT2D eigenvalue weighted by Gasteiger charge is -2.09. The van der Waals surface area contributed by atoms with Crippen molar-refractivity contribution in [1.29, 1.82) is 0 Å². The van der Waals surface area contributed by atoms with Crippen LogP contribution in [0.1, 0.15) is 35.3 Å². The summed E-state index contributed by atoms with van der Waals surface area (Å²) in [6.07, 6.45) is 0. The minimum Gasteiger partial charge on any atom is -0.507 e. The first-order valence-electron chi connectivity index (χ1n) is 7.34. The third kappa shape index (κ3) is 4.10. The molecule has 0 aliphatic rings. The van der Waals surface area contributed by atoms with Crippen LogP contribution in [0.2, 0.25) is 0 Å². The highest BCUT2D eigenvalue weighted by Gasteiger charge is 2.20. The molecule has 0 spiro atoms. The molecule has 24 heavy (non-hydrogen) atoms. The molecule has 0 aliphatic carbocycles. The van der Waals surface area contributed by atoms with Gasteiger partial charge in [-0.05, 0) is 48.9 Å². The molecule has 0 saturated heterocycles. The van der Waals surface area contributed by atoms with Gasteiger partial charge in [-0.1, -0.05) is 0 Å². The maximum atomic E-state index is 14.2. The zero-order chi connectivity index (χ0) is 17.7. The molecular weight excluding hydrogens is 315 g/mol. The molecule has 0 aromatic heterocycles. The van der Waals surface area contributed by atoms with Gasteiger partial charge < -0.3 is 14.6 Å². The van der Waals surface area contributed by atoms with Crippen molar-refractivity contribution < 1.29 is 28.6 Å². The van der Waals surface area contributed by atoms with Gasteiger partial charge in [0.2, 0.25) is 0 Å². The third-order valence-electron chi connectivity index (χ3n) is 3.23. The van der Waals surface area contributed by atoms with Crippen LogP contribution in [0.3, 0.4) is 0 Å². The molecule has 2 aromatic rings. The fraction of sp³-hybridized carbons (Fsp3) is 0.222. The number of phenols is 1. The lowest BCUT2D eigenvalue weighted by atomic mass is 10.00. The summed E-state index contributed by atoms with van der Waals surface area (Å²) in [5, 5.41) is 9.98. The number of hydrogen-bond donors (Lipinski definition) is 1. The molecule has 0 fully saturated rings. The first-order chi connectivity index (χ1) is 11.4. The Morgan fingerprint density at radius 3 is 2.38 bits per heavy atom. The Hall–Kier alpha value is -2.89. The van der Waals surface area contributed by atoms with Crippen LogP contribution >= 0.6 is 0 Å². The highest BCUT2D eigenvalue weighted by Crippen LogP contribution is 2.26. The Morgan fingerprint density at radius 1 is 1.17 bits per heavy atom. The number of esters is 1. The highest BCUT2D eigenvalue weighted by atomic mass is 19.1. The van der Waals surface area contributed by atoms with Crippen LogP contribution in [0.15, 0.2) is 36.4 Å². The Balaban J connectivity index is 2.27. The number of ketones is 1. The van der Waals surface area contributed by atoms with Crippen LogP contribution in [0.25, 0.3) is 0 Å². The fourth-order valence-electron chi connectivity index (χ4n) is 2.15. The van der Waals surface area contributed by atoms with E-state index in [0.717, 1.165) is 6.07 Å². The molecule has 0 atom stereocenters. The molecule has 6 heteroatoms. The predicted octanol–water partition coefficient (Wildman–Crippen LogP) is 3.22. The number of aromatic hydroxyl groups is 1. The number of ether oxygens (including phenoxy) is 2. The van der Waals surface area contributed by atoms with Crippen molar-refractivity contribution >= 4 is 11.8 Å². The van der Waals surface area contributed by atoms with Crippen molar-refractivity contribution in [1.82, 2.24) is 0 Å². The lowest BCUT2D eigenvalue weighted by molar-refractivity contribution is -0.142. The Morgan fingerprint density at radius 2 is 1.83 bits per heavy atom. The van der Waals surface area contributed by atoms with E-state index < -0.39 is 28.9 Å². The van der Waals surface area contributed by atoms with Gasteiger partial charge in [0, 0.05) is 12.5 Å². The van der Waals surface area contributed by atoms with Crippen molar-refractivity contribution in [3.8, 4) is 11.5 Å². The van der Waals surface area contributed by atoms with Gasteiger partial charge in [0.15, 0.2) is 5.78 Å². The number of phenolic OH excluding ortho intramolecular Hbond substituents is 1. The molecule has 0 unspecified atom stereocenters. The van der Waals surface area contributed by atoms with Gasteiger partial charge in [0.25, 0.3) is 0 Å². The number of halogens is 1. The van der Waals surface area contributed by atoms with Crippen molar-refractivity contribution in [3.63, 3.8) is 0 Å². The molecule has 2 aromatic carbocycles. The number of carbonyl (C=O) groups is 2. The Kier molecular flexibility index (Phi) is 5.52. The van der Waals surface area contributed by atoms with Gasteiger partial charge in [-0.25, -0.2) is 4.39 Å². The van der Waals surface area contributed by atoms with Crippen LogP contribution < -0.4 is 4.74 Å². The molecule has 5 nitrogen and oxygen atoms in total. The molecular formula is C18H17FO5. The van der Waals surface area contributed by atoms with Gasteiger partial charge >= 0.3 is 5.97 Å². The Labute approximate surface area is 138 Å². The second-order valence-corrected chi connectivity index (χ2v) is 5.04. The largest absolute Gasteiger partial charge is 0.507 e. The van der Waals surface area contributed by atoms with E-state index in [-0.39, 0.29) is 17.7 Å². The second-order valence-electron chi connectivity index (χ2n) is 5.04. The van der Waals surface area contributed by atoms with Gasteiger partial charge in [-0.3, -0.25) is 9.59 Å². The van der Waals surface area contributed by atoms with Crippen molar-refractivity contribution in [3.05, 3.63) is 58.9 Å². The number of rotatable bonds is 6. The quantitative estimate of drug-likeness (QED) is 0.649. The first kappa shape index (κ1) is 17.5. The fourth-order valence-corrected chi connectivity index (χ4v) is 2.15. The molecule has 0 aliphatic heterocycles. The summed E-state index contributed by atoms with van der Waals surface area (Å²) in [4.78, 5) is 23.2. The maximum absolute atomic E-state index is 14.2. The number of carbonyl (C=O) groups excluding carboxylic acids is 2. The van der Waals surface area contributed by atoms with Gasteiger partial charge in [0.1, 0.15) is 23.9 Å². The van der Waals surface area contributed by atoms with Crippen LogP contribution in [-0.4, -0.2) is 23.5 Å². The smallest absolute Gasteiger partial charge is 0.302 e. The molecule has 0 radical (unpaired) electrons. The second kappa shape index (κ2) is 7.59. The van der Waals surface area contributed by atoms with E-state index in [9.17, 15) is 19.1 Å². The van der Waals surface area contributed by atoms with Crippen molar-refractivity contribution in [2.45, 2.75) is 20.5 Å². The SMILES string of the molecule is CCOc1ccc(C(=O)c2c(O)cc(COC(C)=O)cc2F)cc1. The van der Waals surface area contributed by atoms with E-state index in [1.165, 1.54) is 25.1 Å². The summed E-state index contributed by atoms with van der Waals surface area (Å²) in [7, 11) is 0. The van der Waals surface area contributed by atoms with E-state index in [0.29, 0.717) is 12.4 Å². The molecule has 0 saturated carbocycles. The van der Waals surface area contributed by atoms with E-state index in [1.54, 1.807) is 12.1 Å². The van der Waals surface area contributed by atoms with Crippen LogP contribution in [-0.2, 0) is 16.1 Å². The number of hydrogen-bond acceptors (Lipinski definition) is 5. The van der Waals surface area contributed by atoms with E-state index in [4.69, 9.17) is 9.47 Å². The van der Waals surface area contributed by atoms with E-state index in [1.807, 2.05) is 6.92 Å². The molecule has 0 heterocycles. The third-order valence-corrected chi connectivity index (χ3v) is 3.23. The van der Waals surface area contributed by atoms with Gasteiger partial charge in [-0.2, -0.15) is 0 Å². The monoisotopic (exact) mass is 332 g/mol. The zero-order valence-electron chi connectivity index (χ0n) is 13.3. The number of benzene rings is 2. The van der Waals surface area contributed by atoms with Crippen molar-refractivity contribution in [2.24, 2.45) is 0 Å². The molecule has 1 N–H and O–H groups in total. The molecule has 2 rings (SSSR count). The minimum absolute atomic E-state index is 0.183. The van der Waals surface area contributed by atoms with Crippen molar-refractivity contribution in [2.75, 3.05) is 6.61 Å². The average Bonchev–Trinajstić information content (AvgIpc) is 2.53. The summed E-state index contributed by atoms with van der Waals surface area (Å²) in [5.41, 5.74) is 0.0505. The first-order valence-corrected chi connectivity index (χ1v) is 7.34. The Bertz CT molecular complexity index is 729. The molecule has 126 valence electrons. The average molecular weight is 332 g/mol.